The second-order valence-corrected chi connectivity index (χ2v) is 11.0. The Kier molecular flexibility index (Phi) is 21.1. The summed E-state index contributed by atoms with van der Waals surface area (Å²) in [6.07, 6.45) is 26.6. The fourth-order valence-electron chi connectivity index (χ4n) is 2.69. The van der Waals surface area contributed by atoms with Crippen LogP contribution in [-0.2, 0) is 23.1 Å². The number of aliphatic hydroxyl groups is 1. The molecule has 0 aromatic rings. The molecule has 2 atom stereocenters. The molecule has 0 radical (unpaired) electrons. The number of rotatable bonds is 22. The summed E-state index contributed by atoms with van der Waals surface area (Å²) in [5.74, 6) is -0.433. The molecule has 0 aliphatic carbocycles. The number of aliphatic hydroxyl groups excluding tert-OH is 1. The third-order valence-electron chi connectivity index (χ3n) is 4.79. The maximum atomic E-state index is 11.8. The van der Waals surface area contributed by atoms with E-state index < -0.39 is 26.5 Å². The minimum atomic E-state index is -4.26. The highest BCUT2D eigenvalue weighted by atomic mass is 31.2. The van der Waals surface area contributed by atoms with Crippen LogP contribution in [0.3, 0.4) is 0 Å². The molecule has 0 aliphatic rings. The molecule has 0 saturated carbocycles. The minimum Gasteiger partial charge on any atom is -0.463 e. The summed E-state index contributed by atoms with van der Waals surface area (Å²) in [7, 11) is 1.52. The lowest BCUT2D eigenvalue weighted by atomic mass is 10.2. The number of hydrogen-bond acceptors (Lipinski definition) is 6. The maximum Gasteiger partial charge on any atom is 0.472 e. The summed E-state index contributed by atoms with van der Waals surface area (Å²) in [6, 6.07) is 0. The number of hydrogen-bond donors (Lipinski definition) is 2. The maximum absolute atomic E-state index is 11.8. The molecule has 212 valence electrons. The number of phosphoric acid groups is 1. The first-order valence-electron chi connectivity index (χ1n) is 13.1. The molecule has 0 spiro atoms. The summed E-state index contributed by atoms with van der Waals surface area (Å²) in [6.45, 7) is 1.92. The summed E-state index contributed by atoms with van der Waals surface area (Å²) in [4.78, 5) is 21.4. The zero-order valence-corrected chi connectivity index (χ0v) is 24.1. The van der Waals surface area contributed by atoms with Crippen LogP contribution < -0.4 is 0 Å². The van der Waals surface area contributed by atoms with E-state index in [9.17, 15) is 19.4 Å². The van der Waals surface area contributed by atoms with Gasteiger partial charge in [0.2, 0.25) is 0 Å². The molecule has 0 aromatic heterocycles. The van der Waals surface area contributed by atoms with Crippen LogP contribution in [-0.4, -0.2) is 74.1 Å². The SMILES string of the molecule is CCC=CCC=CCC=CCC=CCC=CCCCC(=O)OCC(O)COP(=O)(O)OCC[N+](C)(C)C. The largest absolute Gasteiger partial charge is 0.472 e. The van der Waals surface area contributed by atoms with Gasteiger partial charge in [-0.3, -0.25) is 13.8 Å². The molecule has 0 saturated heterocycles. The highest BCUT2D eigenvalue weighted by Crippen LogP contribution is 2.43. The molecular formula is C28H49NO7P+. The number of carbonyl (C=O) groups is 1. The number of quaternary nitrogens is 1. The highest BCUT2D eigenvalue weighted by molar-refractivity contribution is 7.47. The predicted molar refractivity (Wildman–Crippen MR) is 150 cm³/mol. The number of likely N-dealkylation sites (N-methyl/N-ethyl adjacent to an activating group) is 1. The number of phosphoric ester groups is 1. The lowest BCUT2D eigenvalue weighted by Crippen LogP contribution is -2.37. The Morgan fingerprint density at radius 1 is 0.838 bits per heavy atom. The lowest BCUT2D eigenvalue weighted by molar-refractivity contribution is -0.870. The molecule has 0 aromatic carbocycles. The van der Waals surface area contributed by atoms with Gasteiger partial charge in [0.25, 0.3) is 0 Å². The van der Waals surface area contributed by atoms with Crippen molar-refractivity contribution in [3.8, 4) is 0 Å². The number of carbonyl (C=O) groups excluding carboxylic acids is 1. The van der Waals surface area contributed by atoms with E-state index in [4.69, 9.17) is 13.8 Å². The van der Waals surface area contributed by atoms with Gasteiger partial charge in [-0.2, -0.15) is 0 Å². The summed E-state index contributed by atoms with van der Waals surface area (Å²) < 4.78 is 27.0. The van der Waals surface area contributed by atoms with Crippen molar-refractivity contribution < 1.29 is 37.6 Å². The number of esters is 1. The van der Waals surface area contributed by atoms with Crippen molar-refractivity contribution in [1.29, 1.82) is 0 Å². The smallest absolute Gasteiger partial charge is 0.463 e. The Balaban J connectivity index is 3.78. The van der Waals surface area contributed by atoms with Crippen LogP contribution >= 0.6 is 7.82 Å². The summed E-state index contributed by atoms with van der Waals surface area (Å²) >= 11 is 0. The Hall–Kier alpha value is -1.80. The van der Waals surface area contributed by atoms with Crippen molar-refractivity contribution in [3.63, 3.8) is 0 Å². The van der Waals surface area contributed by atoms with Crippen molar-refractivity contribution in [2.45, 2.75) is 64.4 Å². The fourth-order valence-corrected chi connectivity index (χ4v) is 3.44. The van der Waals surface area contributed by atoms with Gasteiger partial charge in [0.1, 0.15) is 25.9 Å². The van der Waals surface area contributed by atoms with Gasteiger partial charge < -0.3 is 19.2 Å². The van der Waals surface area contributed by atoms with Gasteiger partial charge in [-0.1, -0.05) is 67.7 Å². The van der Waals surface area contributed by atoms with Gasteiger partial charge in [-0.05, 0) is 44.9 Å². The van der Waals surface area contributed by atoms with Gasteiger partial charge in [0, 0.05) is 6.42 Å². The van der Waals surface area contributed by atoms with Crippen molar-refractivity contribution in [1.82, 2.24) is 0 Å². The zero-order chi connectivity index (χ0) is 27.8. The Labute approximate surface area is 224 Å². The average molecular weight is 543 g/mol. The standard InChI is InChI=1S/C28H48NO7P/c1-5-6-7-8-9-10-11-12-13-14-15-16-17-18-19-20-21-22-28(31)34-25-27(30)26-36-37(32,33)35-24-23-29(2,3)4/h6-7,9-10,12-13,15-16,18-19,27,30H,5,8,11,14,17,20-26H2,1-4H3/p+1. The molecule has 0 rings (SSSR count). The van der Waals surface area contributed by atoms with E-state index in [1.165, 1.54) is 0 Å². The molecule has 0 heterocycles. The van der Waals surface area contributed by atoms with Crippen LogP contribution in [0, 0.1) is 0 Å². The second-order valence-electron chi connectivity index (χ2n) is 9.55. The molecule has 0 aliphatic heterocycles. The average Bonchev–Trinajstić information content (AvgIpc) is 2.82. The summed E-state index contributed by atoms with van der Waals surface area (Å²) in [5.41, 5.74) is 0. The van der Waals surface area contributed by atoms with Crippen LogP contribution in [0.25, 0.3) is 0 Å². The second kappa shape index (κ2) is 22.2. The van der Waals surface area contributed by atoms with E-state index >= 15 is 0 Å². The molecule has 8 nitrogen and oxygen atoms in total. The molecule has 2 N–H and O–H groups in total. The van der Waals surface area contributed by atoms with Gasteiger partial charge in [-0.25, -0.2) is 4.57 Å². The van der Waals surface area contributed by atoms with Gasteiger partial charge in [0.15, 0.2) is 0 Å². The topological polar surface area (TPSA) is 102 Å². The molecule has 37 heavy (non-hydrogen) atoms. The number of allylic oxidation sites excluding steroid dienone is 10. The molecule has 2 unspecified atom stereocenters. The highest BCUT2D eigenvalue weighted by Gasteiger charge is 2.24. The molecule has 9 heteroatoms. The van der Waals surface area contributed by atoms with Gasteiger partial charge in [-0.15, -0.1) is 0 Å². The van der Waals surface area contributed by atoms with Crippen LogP contribution in [0.15, 0.2) is 60.8 Å². The van der Waals surface area contributed by atoms with Crippen molar-refractivity contribution in [2.24, 2.45) is 0 Å². The minimum absolute atomic E-state index is 0.0419. The van der Waals surface area contributed by atoms with Crippen LogP contribution in [0.5, 0.6) is 0 Å². The zero-order valence-electron chi connectivity index (χ0n) is 23.2. The Bertz CT molecular complexity index is 782. The van der Waals surface area contributed by atoms with Crippen LogP contribution in [0.1, 0.15) is 58.3 Å². The van der Waals surface area contributed by atoms with Gasteiger partial charge >= 0.3 is 13.8 Å². The number of nitrogens with zero attached hydrogens (tertiary/aromatic N) is 1. The van der Waals surface area contributed by atoms with Crippen molar-refractivity contribution in [2.75, 3.05) is 47.5 Å². The van der Waals surface area contributed by atoms with E-state index in [0.717, 1.165) is 38.5 Å². The monoisotopic (exact) mass is 542 g/mol. The predicted octanol–water partition coefficient (Wildman–Crippen LogP) is 5.65. The third-order valence-corrected chi connectivity index (χ3v) is 5.78. The number of unbranched alkanes of at least 4 members (excludes halogenated alkanes) is 1. The fraction of sp³-hybridized carbons (Fsp3) is 0.607. The Morgan fingerprint density at radius 3 is 1.86 bits per heavy atom. The third kappa shape index (κ3) is 27.1. The molecule has 0 fully saturated rings. The van der Waals surface area contributed by atoms with E-state index in [2.05, 4.69) is 61.6 Å². The summed E-state index contributed by atoms with van der Waals surface area (Å²) in [5, 5.41) is 9.82. The van der Waals surface area contributed by atoms with Crippen LogP contribution in [0.2, 0.25) is 0 Å². The number of ether oxygens (including phenoxy) is 1. The first kappa shape index (κ1) is 35.2. The van der Waals surface area contributed by atoms with E-state index in [1.807, 2.05) is 27.2 Å². The molecular weight excluding hydrogens is 493 g/mol. The molecule has 0 bridgehead atoms. The normalized spacial score (nSPS) is 15.5. The van der Waals surface area contributed by atoms with Crippen LogP contribution in [0.4, 0.5) is 0 Å². The van der Waals surface area contributed by atoms with E-state index in [1.54, 1.807) is 0 Å². The lowest BCUT2D eigenvalue weighted by Gasteiger charge is -2.24. The Morgan fingerprint density at radius 2 is 1.35 bits per heavy atom. The van der Waals surface area contributed by atoms with E-state index in [-0.39, 0.29) is 19.6 Å². The van der Waals surface area contributed by atoms with Crippen molar-refractivity contribution >= 4 is 13.8 Å². The first-order chi connectivity index (χ1) is 17.6. The molecule has 0 amide bonds. The van der Waals surface area contributed by atoms with E-state index in [0.29, 0.717) is 17.4 Å². The van der Waals surface area contributed by atoms with Gasteiger partial charge in [0.05, 0.1) is 27.7 Å². The first-order valence-corrected chi connectivity index (χ1v) is 14.6. The van der Waals surface area contributed by atoms with Crippen molar-refractivity contribution in [3.05, 3.63) is 60.8 Å². The quantitative estimate of drug-likeness (QED) is 0.0599.